The Kier molecular flexibility index (Phi) is 6.20. The number of hydrogen-bond acceptors (Lipinski definition) is 1. The third-order valence-corrected chi connectivity index (χ3v) is 3.26. The molecule has 1 unspecified atom stereocenters. The van der Waals surface area contributed by atoms with E-state index in [-0.39, 0.29) is 11.9 Å². The Hall–Kier alpha value is -0.890. The van der Waals surface area contributed by atoms with E-state index in [0.29, 0.717) is 0 Å². The minimum Gasteiger partial charge on any atom is -0.324 e. The fourth-order valence-corrected chi connectivity index (χ4v) is 2.13. The second-order valence-corrected chi connectivity index (χ2v) is 4.81. The summed E-state index contributed by atoms with van der Waals surface area (Å²) in [4.78, 5) is 0. The number of benzene rings is 1. The van der Waals surface area contributed by atoms with Crippen LogP contribution in [0.25, 0.3) is 0 Å². The van der Waals surface area contributed by atoms with Gasteiger partial charge in [0.15, 0.2) is 0 Å². The first-order valence-electron chi connectivity index (χ1n) is 6.66. The molecule has 0 amide bonds. The Morgan fingerprint density at radius 1 is 1.18 bits per heavy atom. The highest BCUT2D eigenvalue weighted by atomic mass is 19.1. The zero-order chi connectivity index (χ0) is 12.7. The van der Waals surface area contributed by atoms with E-state index >= 15 is 0 Å². The van der Waals surface area contributed by atoms with Gasteiger partial charge in [0, 0.05) is 6.04 Å². The number of unbranched alkanes of at least 4 members (excludes halogenated alkanes) is 4. The summed E-state index contributed by atoms with van der Waals surface area (Å²) >= 11 is 0. The van der Waals surface area contributed by atoms with E-state index in [1.54, 1.807) is 6.07 Å². The van der Waals surface area contributed by atoms with Crippen molar-refractivity contribution < 1.29 is 4.39 Å². The van der Waals surface area contributed by atoms with E-state index < -0.39 is 0 Å². The lowest BCUT2D eigenvalue weighted by atomic mass is 9.97. The normalized spacial score (nSPS) is 12.7. The van der Waals surface area contributed by atoms with Gasteiger partial charge in [-0.2, -0.15) is 0 Å². The zero-order valence-corrected chi connectivity index (χ0v) is 11.0. The summed E-state index contributed by atoms with van der Waals surface area (Å²) in [7, 11) is 0. The molecule has 2 heteroatoms. The Bertz CT molecular complexity index is 336. The molecule has 0 radical (unpaired) electrons. The fraction of sp³-hybridized carbons (Fsp3) is 0.600. The average molecular weight is 237 g/mol. The molecule has 1 aromatic carbocycles. The van der Waals surface area contributed by atoms with Crippen LogP contribution in [0.2, 0.25) is 0 Å². The molecular weight excluding hydrogens is 213 g/mol. The topological polar surface area (TPSA) is 26.0 Å². The van der Waals surface area contributed by atoms with E-state index in [1.807, 2.05) is 13.0 Å². The molecule has 96 valence electrons. The van der Waals surface area contributed by atoms with Crippen molar-refractivity contribution in [3.05, 3.63) is 35.1 Å². The molecule has 1 nitrogen and oxygen atoms in total. The van der Waals surface area contributed by atoms with Crippen molar-refractivity contribution in [1.29, 1.82) is 0 Å². The predicted octanol–water partition coefficient (Wildman–Crippen LogP) is 4.49. The molecule has 0 spiro atoms. The molecule has 0 saturated heterocycles. The molecule has 0 heterocycles. The SMILES string of the molecule is CCCCCCCC(N)c1cc(F)ccc1C. The lowest BCUT2D eigenvalue weighted by Crippen LogP contribution is -2.12. The van der Waals surface area contributed by atoms with E-state index in [2.05, 4.69) is 6.92 Å². The van der Waals surface area contributed by atoms with Gasteiger partial charge in [-0.25, -0.2) is 4.39 Å². The molecule has 0 saturated carbocycles. The van der Waals surface area contributed by atoms with Crippen LogP contribution in [-0.4, -0.2) is 0 Å². The van der Waals surface area contributed by atoms with E-state index in [9.17, 15) is 4.39 Å². The molecule has 0 aromatic heterocycles. The molecule has 1 aromatic rings. The summed E-state index contributed by atoms with van der Waals surface area (Å²) in [6.45, 7) is 4.20. The first kappa shape index (κ1) is 14.2. The van der Waals surface area contributed by atoms with Gasteiger partial charge >= 0.3 is 0 Å². The maximum Gasteiger partial charge on any atom is 0.123 e. The number of halogens is 1. The van der Waals surface area contributed by atoms with Gasteiger partial charge in [0.2, 0.25) is 0 Å². The van der Waals surface area contributed by atoms with Gasteiger partial charge < -0.3 is 5.73 Å². The van der Waals surface area contributed by atoms with E-state index in [4.69, 9.17) is 5.73 Å². The maximum atomic E-state index is 13.1. The minimum atomic E-state index is -0.188. The predicted molar refractivity (Wildman–Crippen MR) is 71.4 cm³/mol. The van der Waals surface area contributed by atoms with Crippen LogP contribution in [0.15, 0.2) is 18.2 Å². The molecule has 1 atom stereocenters. The third kappa shape index (κ3) is 4.86. The van der Waals surface area contributed by atoms with E-state index in [0.717, 1.165) is 24.0 Å². The summed E-state index contributed by atoms with van der Waals surface area (Å²) in [5.41, 5.74) is 8.16. The zero-order valence-electron chi connectivity index (χ0n) is 11.0. The van der Waals surface area contributed by atoms with Gasteiger partial charge in [-0.05, 0) is 36.6 Å². The van der Waals surface area contributed by atoms with Gasteiger partial charge in [0.05, 0.1) is 0 Å². The van der Waals surface area contributed by atoms with Crippen LogP contribution in [0.5, 0.6) is 0 Å². The van der Waals surface area contributed by atoms with Crippen molar-refractivity contribution in [3.8, 4) is 0 Å². The number of nitrogens with two attached hydrogens (primary N) is 1. The van der Waals surface area contributed by atoms with Crippen LogP contribution in [0, 0.1) is 12.7 Å². The lowest BCUT2D eigenvalue weighted by molar-refractivity contribution is 0.549. The first-order chi connectivity index (χ1) is 8.15. The summed E-state index contributed by atoms with van der Waals surface area (Å²) in [6, 6.07) is 4.85. The molecule has 0 bridgehead atoms. The van der Waals surface area contributed by atoms with Crippen molar-refractivity contribution in [2.45, 2.75) is 58.4 Å². The van der Waals surface area contributed by atoms with Crippen molar-refractivity contribution in [1.82, 2.24) is 0 Å². The van der Waals surface area contributed by atoms with Crippen LogP contribution in [0.4, 0.5) is 4.39 Å². The Labute approximate surface area is 104 Å². The number of aryl methyl sites for hydroxylation is 1. The highest BCUT2D eigenvalue weighted by Crippen LogP contribution is 2.22. The molecule has 0 aliphatic rings. The van der Waals surface area contributed by atoms with Crippen LogP contribution in [0.1, 0.15) is 62.6 Å². The molecule has 0 fully saturated rings. The smallest absolute Gasteiger partial charge is 0.123 e. The first-order valence-corrected chi connectivity index (χ1v) is 6.66. The van der Waals surface area contributed by atoms with Gasteiger partial charge in [0.1, 0.15) is 5.82 Å². The van der Waals surface area contributed by atoms with E-state index in [1.165, 1.54) is 31.7 Å². The minimum absolute atomic E-state index is 0.0210. The molecule has 17 heavy (non-hydrogen) atoms. The van der Waals surface area contributed by atoms with Gasteiger partial charge in [-0.1, -0.05) is 45.1 Å². The van der Waals surface area contributed by atoms with Crippen molar-refractivity contribution in [2.75, 3.05) is 0 Å². The second-order valence-electron chi connectivity index (χ2n) is 4.81. The second kappa shape index (κ2) is 7.44. The van der Waals surface area contributed by atoms with Crippen LogP contribution >= 0.6 is 0 Å². The summed E-state index contributed by atoms with van der Waals surface area (Å²) in [5.74, 6) is -0.188. The molecule has 0 aliphatic carbocycles. The number of rotatable bonds is 7. The lowest BCUT2D eigenvalue weighted by Gasteiger charge is -2.14. The van der Waals surface area contributed by atoms with Crippen LogP contribution in [0.3, 0.4) is 0 Å². The molecular formula is C15H24FN. The Balaban J connectivity index is 2.41. The molecule has 0 aliphatic heterocycles. The standard InChI is InChI=1S/C15H24FN/c1-3-4-5-6-7-8-15(17)14-11-13(16)10-9-12(14)2/h9-11,15H,3-8,17H2,1-2H3. The fourth-order valence-electron chi connectivity index (χ4n) is 2.13. The third-order valence-electron chi connectivity index (χ3n) is 3.26. The monoisotopic (exact) mass is 237 g/mol. The molecule has 1 rings (SSSR count). The summed E-state index contributed by atoms with van der Waals surface area (Å²) in [6.07, 6.45) is 7.16. The van der Waals surface area contributed by atoms with Gasteiger partial charge in [-0.3, -0.25) is 0 Å². The highest BCUT2D eigenvalue weighted by Gasteiger charge is 2.09. The van der Waals surface area contributed by atoms with Gasteiger partial charge in [0.25, 0.3) is 0 Å². The molecule has 2 N–H and O–H groups in total. The maximum absolute atomic E-state index is 13.1. The van der Waals surface area contributed by atoms with Crippen LogP contribution in [-0.2, 0) is 0 Å². The summed E-state index contributed by atoms with van der Waals surface area (Å²) in [5, 5.41) is 0. The largest absolute Gasteiger partial charge is 0.324 e. The Morgan fingerprint density at radius 3 is 2.59 bits per heavy atom. The van der Waals surface area contributed by atoms with Crippen molar-refractivity contribution in [3.63, 3.8) is 0 Å². The number of hydrogen-bond donors (Lipinski definition) is 1. The average Bonchev–Trinajstić information content (AvgIpc) is 2.32. The quantitative estimate of drug-likeness (QED) is 0.694. The van der Waals surface area contributed by atoms with Crippen molar-refractivity contribution >= 4 is 0 Å². The van der Waals surface area contributed by atoms with Gasteiger partial charge in [-0.15, -0.1) is 0 Å². The Morgan fingerprint density at radius 2 is 1.88 bits per heavy atom. The summed E-state index contributed by atoms with van der Waals surface area (Å²) < 4.78 is 13.1. The van der Waals surface area contributed by atoms with Crippen LogP contribution < -0.4 is 5.73 Å². The van der Waals surface area contributed by atoms with Crippen molar-refractivity contribution in [2.24, 2.45) is 5.73 Å². The highest BCUT2D eigenvalue weighted by molar-refractivity contribution is 5.29.